The van der Waals surface area contributed by atoms with Crippen molar-refractivity contribution >= 4 is 16.1 Å². The molecule has 128 valence electrons. The zero-order chi connectivity index (χ0) is 17.2. The van der Waals surface area contributed by atoms with E-state index in [4.69, 9.17) is 4.74 Å². The monoisotopic (exact) mass is 347 g/mol. The second-order valence-electron chi connectivity index (χ2n) is 5.82. The average Bonchev–Trinajstić information content (AvgIpc) is 2.67. The van der Waals surface area contributed by atoms with E-state index in [0.29, 0.717) is 11.5 Å². The molecule has 1 heterocycles. The molecule has 0 bridgehead atoms. The van der Waals surface area contributed by atoms with E-state index in [1.54, 1.807) is 26.3 Å². The van der Waals surface area contributed by atoms with Crippen LogP contribution < -0.4 is 9.62 Å². The minimum atomic E-state index is -3.32. The quantitative estimate of drug-likeness (QED) is 0.644. The van der Waals surface area contributed by atoms with Crippen molar-refractivity contribution in [2.24, 2.45) is 0 Å². The lowest BCUT2D eigenvalue weighted by Gasteiger charge is -2.20. The van der Waals surface area contributed by atoms with Crippen molar-refractivity contribution in [1.82, 2.24) is 5.32 Å². The summed E-state index contributed by atoms with van der Waals surface area (Å²) in [6, 6.07) is 15.0. The van der Waals surface area contributed by atoms with Gasteiger partial charge in [0, 0.05) is 24.8 Å². The van der Waals surface area contributed by atoms with Gasteiger partial charge in [-0.2, -0.15) is 8.86 Å². The van der Waals surface area contributed by atoms with Crippen molar-refractivity contribution in [1.29, 1.82) is 0 Å². The first kappa shape index (κ1) is 17.1. The maximum atomic E-state index is 13.1. The molecule has 0 saturated carbocycles. The number of ether oxygens (including phenoxy) is 1. The van der Waals surface area contributed by atoms with Crippen LogP contribution in [0.3, 0.4) is 0 Å². The second kappa shape index (κ2) is 7.03. The van der Waals surface area contributed by atoms with Gasteiger partial charge in [-0.25, -0.2) is 0 Å². The van der Waals surface area contributed by atoms with E-state index in [9.17, 15) is 8.76 Å². The highest BCUT2D eigenvalue weighted by Crippen LogP contribution is 2.41. The molecule has 6 heteroatoms. The second-order valence-corrected chi connectivity index (χ2v) is 7.81. The predicted molar refractivity (Wildman–Crippen MR) is 96.6 cm³/mol. The number of hydrogen-bond donors (Lipinski definition) is 2. The number of rotatable bonds is 5. The standard InChI is InChI=1S/C18H22N2O3S/c1-20-16-10-5-3-8-14(16)18(19-12-7-13-23-2)15-9-4-6-11-17(15)24(20,21)22/h3-6,8-11,18-19H,7,12-13H2,1-2H3/p+1. The molecule has 5 nitrogen and oxygen atoms in total. The lowest BCUT2D eigenvalue weighted by atomic mass is 9.97. The number of para-hydroxylation sites is 1. The third-order valence-electron chi connectivity index (χ3n) is 4.35. The Kier molecular flexibility index (Phi) is 5.01. The highest BCUT2D eigenvalue weighted by atomic mass is 32.3. The van der Waals surface area contributed by atoms with Gasteiger partial charge in [0.25, 0.3) is 0 Å². The largest absolute Gasteiger partial charge is 0.385 e. The number of benzene rings is 2. The molecule has 2 aromatic carbocycles. The Hall–Kier alpha value is -1.73. The lowest BCUT2D eigenvalue weighted by Crippen LogP contribution is -2.32. The fraction of sp³-hybridized carbons (Fsp3) is 0.333. The smallest absolute Gasteiger partial charge is 0.348 e. The predicted octanol–water partition coefficient (Wildman–Crippen LogP) is 3.10. The van der Waals surface area contributed by atoms with E-state index < -0.39 is 10.4 Å². The summed E-state index contributed by atoms with van der Waals surface area (Å²) in [5, 5.41) is 3.52. The van der Waals surface area contributed by atoms with Gasteiger partial charge in [-0.05, 0) is 29.3 Å². The van der Waals surface area contributed by atoms with E-state index in [0.717, 1.165) is 29.8 Å². The van der Waals surface area contributed by atoms with Crippen LogP contribution in [0.2, 0.25) is 0 Å². The third kappa shape index (κ3) is 2.98. The number of nitrogens with zero attached hydrogens (tertiary/aromatic N) is 1. The first-order valence-electron chi connectivity index (χ1n) is 7.98. The molecule has 2 unspecified atom stereocenters. The van der Waals surface area contributed by atoms with Gasteiger partial charge in [-0.3, -0.25) is 0 Å². The SMILES string of the molecule is COCCCNC1c2ccccc2N(C)[S+](=O)(O)c2ccccc21. The molecule has 0 aliphatic carbocycles. The molecule has 0 amide bonds. The van der Waals surface area contributed by atoms with Crippen LogP contribution >= 0.6 is 0 Å². The van der Waals surface area contributed by atoms with Crippen molar-refractivity contribution in [3.05, 3.63) is 59.7 Å². The van der Waals surface area contributed by atoms with E-state index in [2.05, 4.69) is 5.32 Å². The number of methoxy groups -OCH3 is 1. The topological polar surface area (TPSA) is 61.8 Å². The third-order valence-corrected chi connectivity index (χ3v) is 6.23. The van der Waals surface area contributed by atoms with Gasteiger partial charge in [0.05, 0.1) is 18.8 Å². The lowest BCUT2D eigenvalue weighted by molar-refractivity contribution is 0.193. The Bertz CT molecular complexity index is 765. The molecule has 1 aliphatic heterocycles. The highest BCUT2D eigenvalue weighted by Gasteiger charge is 2.44. The van der Waals surface area contributed by atoms with Crippen LogP contribution in [0, 0.1) is 0 Å². The van der Waals surface area contributed by atoms with E-state index >= 15 is 0 Å². The van der Waals surface area contributed by atoms with Crippen molar-refractivity contribution in [2.45, 2.75) is 17.4 Å². The molecule has 2 aromatic rings. The van der Waals surface area contributed by atoms with Gasteiger partial charge in [0.2, 0.25) is 4.90 Å². The van der Waals surface area contributed by atoms with E-state index in [1.165, 1.54) is 4.31 Å². The number of hydrogen-bond acceptors (Lipinski definition) is 3. The van der Waals surface area contributed by atoms with Crippen molar-refractivity contribution in [3.63, 3.8) is 0 Å². The van der Waals surface area contributed by atoms with Crippen molar-refractivity contribution < 1.29 is 13.5 Å². The Morgan fingerprint density at radius 1 is 1.17 bits per heavy atom. The molecule has 2 N–H and O–H groups in total. The van der Waals surface area contributed by atoms with Gasteiger partial charge in [0.15, 0.2) is 0 Å². The highest BCUT2D eigenvalue weighted by molar-refractivity contribution is 7.99. The van der Waals surface area contributed by atoms with Crippen LogP contribution in [0.25, 0.3) is 0 Å². The van der Waals surface area contributed by atoms with E-state index in [-0.39, 0.29) is 6.04 Å². The number of nitrogens with one attached hydrogen (secondary N) is 1. The first-order valence-corrected chi connectivity index (χ1v) is 9.45. The molecule has 1 aliphatic rings. The molecule has 0 fully saturated rings. The Balaban J connectivity index is 2.10. The minimum absolute atomic E-state index is 0.132. The fourth-order valence-electron chi connectivity index (χ4n) is 3.11. The molecular formula is C18H23N2O3S+. The van der Waals surface area contributed by atoms with Crippen molar-refractivity contribution in [2.75, 3.05) is 31.6 Å². The minimum Gasteiger partial charge on any atom is -0.385 e. The Morgan fingerprint density at radius 3 is 2.58 bits per heavy atom. The van der Waals surface area contributed by atoms with Crippen molar-refractivity contribution in [3.8, 4) is 0 Å². The first-order chi connectivity index (χ1) is 11.6. The summed E-state index contributed by atoms with van der Waals surface area (Å²) in [5.41, 5.74) is 2.62. The van der Waals surface area contributed by atoms with Crippen LogP contribution in [0.15, 0.2) is 53.4 Å². The van der Waals surface area contributed by atoms with Gasteiger partial charge in [-0.15, -0.1) is 0 Å². The molecular weight excluding hydrogens is 324 g/mol. The zero-order valence-corrected chi connectivity index (χ0v) is 14.8. The van der Waals surface area contributed by atoms with Crippen LogP contribution in [0.5, 0.6) is 0 Å². The fourth-order valence-corrected chi connectivity index (χ4v) is 4.59. The van der Waals surface area contributed by atoms with Crippen LogP contribution in [0.4, 0.5) is 5.69 Å². The van der Waals surface area contributed by atoms with Gasteiger partial charge in [-0.1, -0.05) is 36.4 Å². The summed E-state index contributed by atoms with van der Waals surface area (Å²) in [5.74, 6) is 0. The molecule has 0 radical (unpaired) electrons. The summed E-state index contributed by atoms with van der Waals surface area (Å²) < 4.78 is 30.4. The number of fused-ring (bicyclic) bond motifs is 2. The maximum absolute atomic E-state index is 13.1. The zero-order valence-electron chi connectivity index (χ0n) is 13.9. The van der Waals surface area contributed by atoms with Gasteiger partial charge < -0.3 is 10.1 Å². The summed E-state index contributed by atoms with van der Waals surface area (Å²) in [6.07, 6.45) is 0.877. The summed E-state index contributed by atoms with van der Waals surface area (Å²) >= 11 is 0. The van der Waals surface area contributed by atoms with Gasteiger partial charge in [0.1, 0.15) is 0 Å². The van der Waals surface area contributed by atoms with Crippen LogP contribution in [0.1, 0.15) is 23.6 Å². The maximum Gasteiger partial charge on any atom is 0.348 e. The average molecular weight is 347 g/mol. The van der Waals surface area contributed by atoms with E-state index in [1.807, 2.05) is 36.4 Å². The summed E-state index contributed by atoms with van der Waals surface area (Å²) in [6.45, 7) is 1.44. The summed E-state index contributed by atoms with van der Waals surface area (Å²) in [7, 11) is 0.0383. The molecule has 0 aromatic heterocycles. The van der Waals surface area contributed by atoms with Crippen LogP contribution in [-0.2, 0) is 19.3 Å². The Labute approximate surface area is 144 Å². The molecule has 2 atom stereocenters. The Morgan fingerprint density at radius 2 is 1.83 bits per heavy atom. The molecule has 24 heavy (non-hydrogen) atoms. The molecule has 0 saturated heterocycles. The van der Waals surface area contributed by atoms with Crippen LogP contribution in [-0.4, -0.2) is 31.9 Å². The number of anilines is 1. The molecule has 3 rings (SSSR count). The molecule has 0 spiro atoms. The normalized spacial score (nSPS) is 22.6. The summed E-state index contributed by atoms with van der Waals surface area (Å²) in [4.78, 5) is 0.466. The van der Waals surface area contributed by atoms with Gasteiger partial charge >= 0.3 is 10.4 Å².